The molecule has 3 rings (SSSR count). The summed E-state index contributed by atoms with van der Waals surface area (Å²) in [6.45, 7) is 5.92. The van der Waals surface area contributed by atoms with Crippen LogP contribution in [0.15, 0.2) is 35.0 Å². The standard InChI is InChI=1S/C19H17N3O2/c1-11-5-6-14(7-12(11)2)18-21-17(19(23)24-18)9-15-8-16(10-20)22(4)13(15)3/h5-9H,1-4H3. The van der Waals surface area contributed by atoms with Gasteiger partial charge in [0.25, 0.3) is 0 Å². The van der Waals surface area contributed by atoms with Crippen LogP contribution in [0.1, 0.15) is 33.6 Å². The number of benzene rings is 1. The first kappa shape index (κ1) is 15.8. The van der Waals surface area contributed by atoms with Gasteiger partial charge in [-0.1, -0.05) is 6.07 Å². The lowest BCUT2D eigenvalue weighted by Gasteiger charge is -2.03. The monoisotopic (exact) mass is 319 g/mol. The predicted octanol–water partition coefficient (Wildman–Crippen LogP) is 3.17. The zero-order chi connectivity index (χ0) is 17.4. The number of aryl methyl sites for hydroxylation is 2. The topological polar surface area (TPSA) is 67.4 Å². The molecule has 2 heterocycles. The van der Waals surface area contributed by atoms with Gasteiger partial charge in [-0.25, -0.2) is 9.79 Å². The zero-order valence-electron chi connectivity index (χ0n) is 14.0. The van der Waals surface area contributed by atoms with E-state index in [-0.39, 0.29) is 5.70 Å². The van der Waals surface area contributed by atoms with Gasteiger partial charge in [0.1, 0.15) is 11.8 Å². The zero-order valence-corrected chi connectivity index (χ0v) is 14.0. The lowest BCUT2D eigenvalue weighted by molar-refractivity contribution is -0.129. The van der Waals surface area contributed by atoms with Crippen molar-refractivity contribution in [2.75, 3.05) is 0 Å². The van der Waals surface area contributed by atoms with E-state index in [1.165, 1.54) is 5.56 Å². The summed E-state index contributed by atoms with van der Waals surface area (Å²) in [5.41, 5.74) is 5.50. The Labute approximate surface area is 140 Å². The molecule has 0 aliphatic carbocycles. The summed E-state index contributed by atoms with van der Waals surface area (Å²) >= 11 is 0. The molecule has 0 bridgehead atoms. The van der Waals surface area contributed by atoms with Gasteiger partial charge in [-0.3, -0.25) is 0 Å². The molecular formula is C19H17N3O2. The van der Waals surface area contributed by atoms with Gasteiger partial charge in [0.2, 0.25) is 5.90 Å². The molecular weight excluding hydrogens is 302 g/mol. The second-order valence-electron chi connectivity index (χ2n) is 5.88. The Morgan fingerprint density at radius 3 is 2.58 bits per heavy atom. The summed E-state index contributed by atoms with van der Waals surface area (Å²) < 4.78 is 7.08. The number of nitrogens with zero attached hydrogens (tertiary/aromatic N) is 3. The smallest absolute Gasteiger partial charge is 0.363 e. The van der Waals surface area contributed by atoms with Crippen molar-refractivity contribution in [2.45, 2.75) is 20.8 Å². The van der Waals surface area contributed by atoms with Gasteiger partial charge < -0.3 is 9.30 Å². The van der Waals surface area contributed by atoms with Crippen molar-refractivity contribution in [2.24, 2.45) is 12.0 Å². The van der Waals surface area contributed by atoms with E-state index < -0.39 is 5.97 Å². The third-order valence-electron chi connectivity index (χ3n) is 4.36. The van der Waals surface area contributed by atoms with Crippen LogP contribution in [0.2, 0.25) is 0 Å². The molecule has 120 valence electrons. The van der Waals surface area contributed by atoms with E-state index in [0.717, 1.165) is 22.4 Å². The number of hydrogen-bond acceptors (Lipinski definition) is 4. The predicted molar refractivity (Wildman–Crippen MR) is 91.4 cm³/mol. The number of aliphatic imine (C=N–C) groups is 1. The molecule has 1 aliphatic heterocycles. The van der Waals surface area contributed by atoms with Gasteiger partial charge in [0.15, 0.2) is 5.70 Å². The van der Waals surface area contributed by atoms with E-state index in [1.807, 2.05) is 46.0 Å². The summed E-state index contributed by atoms with van der Waals surface area (Å²) in [5, 5.41) is 9.10. The minimum absolute atomic E-state index is 0.237. The average molecular weight is 319 g/mol. The maximum Gasteiger partial charge on any atom is 0.363 e. The Morgan fingerprint density at radius 2 is 1.96 bits per heavy atom. The molecule has 0 unspecified atom stereocenters. The molecule has 5 heteroatoms. The van der Waals surface area contributed by atoms with Crippen LogP contribution in [0.25, 0.3) is 6.08 Å². The SMILES string of the molecule is Cc1ccc(C2=NC(=Cc3cc(C#N)n(C)c3C)C(=O)O2)cc1C. The molecule has 0 atom stereocenters. The van der Waals surface area contributed by atoms with Gasteiger partial charge in [0.05, 0.1) is 0 Å². The Balaban J connectivity index is 2.00. The van der Waals surface area contributed by atoms with Crippen LogP contribution in [-0.4, -0.2) is 16.4 Å². The first-order valence-corrected chi connectivity index (χ1v) is 7.57. The lowest BCUT2D eigenvalue weighted by Crippen LogP contribution is -2.05. The van der Waals surface area contributed by atoms with E-state index in [9.17, 15) is 4.79 Å². The van der Waals surface area contributed by atoms with Crippen LogP contribution < -0.4 is 0 Å². The Hall–Kier alpha value is -3.13. The Kier molecular flexibility index (Phi) is 3.82. The van der Waals surface area contributed by atoms with Crippen LogP contribution in [-0.2, 0) is 16.6 Å². The van der Waals surface area contributed by atoms with Gasteiger partial charge in [-0.2, -0.15) is 5.26 Å². The Morgan fingerprint density at radius 1 is 1.21 bits per heavy atom. The Bertz CT molecular complexity index is 956. The molecule has 1 aliphatic rings. The molecule has 2 aromatic rings. The molecule has 0 saturated carbocycles. The summed E-state index contributed by atoms with van der Waals surface area (Å²) in [4.78, 5) is 16.4. The lowest BCUT2D eigenvalue weighted by atomic mass is 10.1. The molecule has 0 saturated heterocycles. The van der Waals surface area contributed by atoms with Crippen LogP contribution >= 0.6 is 0 Å². The summed E-state index contributed by atoms with van der Waals surface area (Å²) in [5.74, 6) is -0.173. The molecule has 0 amide bonds. The maximum absolute atomic E-state index is 12.1. The average Bonchev–Trinajstić information content (AvgIpc) is 3.05. The van der Waals surface area contributed by atoms with E-state index in [0.29, 0.717) is 11.6 Å². The summed E-state index contributed by atoms with van der Waals surface area (Å²) in [6, 6.07) is 9.67. The maximum atomic E-state index is 12.1. The highest BCUT2D eigenvalue weighted by Crippen LogP contribution is 2.23. The fourth-order valence-corrected chi connectivity index (χ4v) is 2.53. The number of nitriles is 1. The second kappa shape index (κ2) is 5.82. The van der Waals surface area contributed by atoms with E-state index in [2.05, 4.69) is 11.1 Å². The van der Waals surface area contributed by atoms with Gasteiger partial charge in [-0.15, -0.1) is 0 Å². The highest BCUT2D eigenvalue weighted by atomic mass is 16.6. The quantitative estimate of drug-likeness (QED) is 0.631. The van der Waals surface area contributed by atoms with Crippen LogP contribution in [0.4, 0.5) is 0 Å². The third kappa shape index (κ3) is 2.63. The third-order valence-corrected chi connectivity index (χ3v) is 4.36. The van der Waals surface area contributed by atoms with Crippen molar-refractivity contribution in [1.82, 2.24) is 4.57 Å². The molecule has 5 nitrogen and oxygen atoms in total. The van der Waals surface area contributed by atoms with Gasteiger partial charge in [-0.05, 0) is 61.7 Å². The number of ether oxygens (including phenoxy) is 1. The van der Waals surface area contributed by atoms with E-state index in [4.69, 9.17) is 10.00 Å². The van der Waals surface area contributed by atoms with Crippen molar-refractivity contribution in [3.8, 4) is 6.07 Å². The fraction of sp³-hybridized carbons (Fsp3) is 0.211. The molecule has 1 aromatic carbocycles. The highest BCUT2D eigenvalue weighted by molar-refractivity contribution is 6.13. The minimum atomic E-state index is -0.481. The second-order valence-corrected chi connectivity index (χ2v) is 5.88. The normalized spacial score (nSPS) is 15.4. The molecule has 24 heavy (non-hydrogen) atoms. The molecule has 0 radical (unpaired) electrons. The number of aromatic nitrogens is 1. The number of carbonyl (C=O) groups is 1. The first-order valence-electron chi connectivity index (χ1n) is 7.57. The van der Waals surface area contributed by atoms with Crippen LogP contribution in [0.5, 0.6) is 0 Å². The first-order chi connectivity index (χ1) is 11.4. The van der Waals surface area contributed by atoms with Crippen molar-refractivity contribution in [3.63, 3.8) is 0 Å². The number of carbonyl (C=O) groups excluding carboxylic acids is 1. The van der Waals surface area contributed by atoms with Crippen molar-refractivity contribution >= 4 is 17.9 Å². The molecule has 1 aromatic heterocycles. The largest absolute Gasteiger partial charge is 0.402 e. The van der Waals surface area contributed by atoms with Crippen molar-refractivity contribution in [3.05, 3.63) is 63.6 Å². The summed E-state index contributed by atoms with van der Waals surface area (Å²) in [6.07, 6.45) is 1.66. The van der Waals surface area contributed by atoms with Crippen molar-refractivity contribution < 1.29 is 9.53 Å². The van der Waals surface area contributed by atoms with Crippen molar-refractivity contribution in [1.29, 1.82) is 5.26 Å². The molecule has 0 fully saturated rings. The van der Waals surface area contributed by atoms with Gasteiger partial charge >= 0.3 is 5.97 Å². The molecule has 0 spiro atoms. The van der Waals surface area contributed by atoms with Crippen LogP contribution in [0.3, 0.4) is 0 Å². The number of cyclic esters (lactones) is 1. The summed E-state index contributed by atoms with van der Waals surface area (Å²) in [7, 11) is 1.81. The van der Waals surface area contributed by atoms with Gasteiger partial charge in [0, 0.05) is 18.3 Å². The highest BCUT2D eigenvalue weighted by Gasteiger charge is 2.25. The molecule has 0 N–H and O–H groups in total. The van der Waals surface area contributed by atoms with E-state index in [1.54, 1.807) is 16.7 Å². The fourth-order valence-electron chi connectivity index (χ4n) is 2.53. The van der Waals surface area contributed by atoms with E-state index >= 15 is 0 Å². The number of hydrogen-bond donors (Lipinski definition) is 0. The van der Waals surface area contributed by atoms with Crippen LogP contribution in [0, 0.1) is 32.1 Å². The number of rotatable bonds is 2. The minimum Gasteiger partial charge on any atom is -0.402 e. The number of esters is 1.